The minimum absolute atomic E-state index is 0.0423. The van der Waals surface area contributed by atoms with E-state index in [-0.39, 0.29) is 23.6 Å². The van der Waals surface area contributed by atoms with Crippen LogP contribution in [0.1, 0.15) is 19.4 Å². The van der Waals surface area contributed by atoms with Gasteiger partial charge >= 0.3 is 0 Å². The third-order valence-electron chi connectivity index (χ3n) is 5.27. The van der Waals surface area contributed by atoms with Crippen LogP contribution in [0.5, 0.6) is 5.75 Å². The van der Waals surface area contributed by atoms with E-state index in [1.54, 1.807) is 24.3 Å². The molecule has 0 saturated carbocycles. The lowest BCUT2D eigenvalue weighted by molar-refractivity contribution is -0.120. The monoisotopic (exact) mass is 441 g/mol. The van der Waals surface area contributed by atoms with Crippen molar-refractivity contribution in [3.63, 3.8) is 0 Å². The van der Waals surface area contributed by atoms with Crippen LogP contribution in [0, 0.1) is 0 Å². The first-order chi connectivity index (χ1) is 15.8. The molecule has 0 bridgehead atoms. The largest absolute Gasteiger partial charge is 0.491 e. The van der Waals surface area contributed by atoms with Crippen LogP contribution in [0.4, 0.5) is 17.1 Å². The summed E-state index contributed by atoms with van der Waals surface area (Å²) in [6.45, 7) is 3.91. The number of hydrogen-bond acceptors (Lipinski definition) is 5. The number of carbonyl (C=O) groups is 2. The van der Waals surface area contributed by atoms with E-state index >= 15 is 0 Å². The van der Waals surface area contributed by atoms with E-state index in [1.165, 1.54) is 4.90 Å². The number of nitrogens with zero attached hydrogens (tertiary/aromatic N) is 2. The van der Waals surface area contributed by atoms with Crippen LogP contribution in [0.25, 0.3) is 5.57 Å². The Balaban J connectivity index is 1.74. The van der Waals surface area contributed by atoms with Gasteiger partial charge < -0.3 is 15.0 Å². The summed E-state index contributed by atoms with van der Waals surface area (Å²) in [5.41, 5.74) is 3.52. The highest BCUT2D eigenvalue weighted by Crippen LogP contribution is 2.34. The predicted molar refractivity (Wildman–Crippen MR) is 132 cm³/mol. The second-order valence-electron chi connectivity index (χ2n) is 8.29. The minimum atomic E-state index is -0.389. The fourth-order valence-corrected chi connectivity index (χ4v) is 3.68. The molecular formula is C27H27N3O3. The lowest BCUT2D eigenvalue weighted by Crippen LogP contribution is -2.32. The van der Waals surface area contributed by atoms with Gasteiger partial charge in [0.25, 0.3) is 11.8 Å². The number of nitrogens with one attached hydrogen (secondary N) is 1. The van der Waals surface area contributed by atoms with Crippen LogP contribution in [0.15, 0.2) is 84.6 Å². The molecule has 33 heavy (non-hydrogen) atoms. The molecule has 0 atom stereocenters. The number of carbonyl (C=O) groups excluding carboxylic acids is 2. The highest BCUT2D eigenvalue weighted by Gasteiger charge is 2.40. The van der Waals surface area contributed by atoms with Crippen molar-refractivity contribution in [2.45, 2.75) is 20.0 Å². The first kappa shape index (κ1) is 22.1. The summed E-state index contributed by atoms with van der Waals surface area (Å²) in [5, 5.41) is 3.20. The van der Waals surface area contributed by atoms with Gasteiger partial charge in [0.2, 0.25) is 0 Å². The molecule has 0 aromatic heterocycles. The smallest absolute Gasteiger partial charge is 0.282 e. The summed E-state index contributed by atoms with van der Waals surface area (Å²) in [7, 11) is 3.93. The molecule has 1 aliphatic rings. The number of hydrogen-bond donors (Lipinski definition) is 1. The van der Waals surface area contributed by atoms with Crippen molar-refractivity contribution in [1.29, 1.82) is 0 Å². The Hall–Kier alpha value is -4.06. The number of ether oxygens (including phenoxy) is 1. The first-order valence-electron chi connectivity index (χ1n) is 10.8. The Morgan fingerprint density at radius 3 is 2.03 bits per heavy atom. The predicted octanol–water partition coefficient (Wildman–Crippen LogP) is 4.94. The number of para-hydroxylation sites is 1. The van der Waals surface area contributed by atoms with E-state index < -0.39 is 0 Å². The molecule has 0 radical (unpaired) electrons. The number of rotatable bonds is 7. The Morgan fingerprint density at radius 2 is 1.45 bits per heavy atom. The SMILES string of the molecule is CC(C)Oc1ccc(C2=C(Nc3ccc(N(C)C)cc3)C(=O)N(c3ccccc3)C2=O)cc1. The Morgan fingerprint density at radius 1 is 0.818 bits per heavy atom. The van der Waals surface area contributed by atoms with Crippen LogP contribution in [-0.2, 0) is 9.59 Å². The lowest BCUT2D eigenvalue weighted by atomic mass is 10.0. The summed E-state index contributed by atoms with van der Waals surface area (Å²) in [5.74, 6) is -0.0450. The van der Waals surface area contributed by atoms with E-state index in [4.69, 9.17) is 4.74 Å². The Kier molecular flexibility index (Phi) is 6.18. The fraction of sp³-hybridized carbons (Fsp3) is 0.185. The zero-order valence-corrected chi connectivity index (χ0v) is 19.2. The van der Waals surface area contributed by atoms with E-state index in [0.29, 0.717) is 22.6 Å². The van der Waals surface area contributed by atoms with Crippen molar-refractivity contribution in [2.75, 3.05) is 29.2 Å². The minimum Gasteiger partial charge on any atom is -0.491 e. The molecule has 0 unspecified atom stereocenters. The van der Waals surface area contributed by atoms with Gasteiger partial charge in [-0.3, -0.25) is 9.59 Å². The molecule has 0 saturated heterocycles. The third-order valence-corrected chi connectivity index (χ3v) is 5.27. The quantitative estimate of drug-likeness (QED) is 0.527. The molecule has 168 valence electrons. The van der Waals surface area contributed by atoms with Crippen LogP contribution in [-0.4, -0.2) is 32.0 Å². The van der Waals surface area contributed by atoms with Crippen molar-refractivity contribution in [3.8, 4) is 5.75 Å². The molecule has 2 amide bonds. The van der Waals surface area contributed by atoms with Crippen LogP contribution in [0.2, 0.25) is 0 Å². The molecular weight excluding hydrogens is 414 g/mol. The van der Waals surface area contributed by atoms with E-state index in [9.17, 15) is 9.59 Å². The molecule has 0 aliphatic carbocycles. The molecule has 3 aromatic rings. The molecule has 4 rings (SSSR count). The number of imide groups is 1. The summed E-state index contributed by atoms with van der Waals surface area (Å²) in [6, 6.07) is 23.9. The maximum absolute atomic E-state index is 13.5. The van der Waals surface area contributed by atoms with E-state index in [1.807, 2.05) is 87.4 Å². The summed E-state index contributed by atoms with van der Waals surface area (Å²) in [6.07, 6.45) is 0.0423. The van der Waals surface area contributed by atoms with Crippen molar-refractivity contribution >= 4 is 34.4 Å². The van der Waals surface area contributed by atoms with Gasteiger partial charge in [-0.05, 0) is 67.9 Å². The van der Waals surface area contributed by atoms with Gasteiger partial charge in [0.05, 0.1) is 17.4 Å². The zero-order chi connectivity index (χ0) is 23.5. The summed E-state index contributed by atoms with van der Waals surface area (Å²) >= 11 is 0. The van der Waals surface area contributed by atoms with Gasteiger partial charge in [0.1, 0.15) is 11.4 Å². The number of benzene rings is 3. The Bertz CT molecular complexity index is 1180. The first-order valence-corrected chi connectivity index (χ1v) is 10.8. The second kappa shape index (κ2) is 9.20. The molecule has 1 heterocycles. The van der Waals surface area contributed by atoms with Gasteiger partial charge in [-0.15, -0.1) is 0 Å². The van der Waals surface area contributed by atoms with E-state index in [0.717, 1.165) is 11.4 Å². The highest BCUT2D eigenvalue weighted by atomic mass is 16.5. The van der Waals surface area contributed by atoms with Crippen molar-refractivity contribution in [3.05, 3.63) is 90.1 Å². The maximum atomic E-state index is 13.5. The van der Waals surface area contributed by atoms with Crippen molar-refractivity contribution < 1.29 is 14.3 Å². The average molecular weight is 442 g/mol. The van der Waals surface area contributed by atoms with Gasteiger partial charge in [-0.25, -0.2) is 4.90 Å². The average Bonchev–Trinajstić information content (AvgIpc) is 3.04. The molecule has 0 spiro atoms. The second-order valence-corrected chi connectivity index (χ2v) is 8.29. The van der Waals surface area contributed by atoms with Crippen LogP contribution < -0.4 is 19.9 Å². The van der Waals surface area contributed by atoms with Gasteiger partial charge in [-0.2, -0.15) is 0 Å². The van der Waals surface area contributed by atoms with E-state index in [2.05, 4.69) is 5.32 Å². The number of amides is 2. The topological polar surface area (TPSA) is 61.9 Å². The van der Waals surface area contributed by atoms with Crippen molar-refractivity contribution in [1.82, 2.24) is 0 Å². The molecule has 1 N–H and O–H groups in total. The highest BCUT2D eigenvalue weighted by molar-refractivity contribution is 6.46. The van der Waals surface area contributed by atoms with Gasteiger partial charge in [-0.1, -0.05) is 30.3 Å². The van der Waals surface area contributed by atoms with Gasteiger partial charge in [0, 0.05) is 25.5 Å². The lowest BCUT2D eigenvalue weighted by Gasteiger charge is -2.16. The molecule has 0 fully saturated rings. The number of anilines is 3. The molecule has 3 aromatic carbocycles. The standard InChI is InChI=1S/C27H27N3O3/c1-18(2)33-23-16-10-19(11-17-23)24-25(28-20-12-14-21(15-13-20)29(3)4)27(32)30(26(24)31)22-8-6-5-7-9-22/h5-18,28H,1-4H3. The molecule has 1 aliphatic heterocycles. The van der Waals surface area contributed by atoms with Gasteiger partial charge in [0.15, 0.2) is 0 Å². The van der Waals surface area contributed by atoms with Crippen LogP contribution in [0.3, 0.4) is 0 Å². The zero-order valence-electron chi connectivity index (χ0n) is 19.2. The normalized spacial score (nSPS) is 13.7. The van der Waals surface area contributed by atoms with Crippen molar-refractivity contribution in [2.24, 2.45) is 0 Å². The summed E-state index contributed by atoms with van der Waals surface area (Å²) in [4.78, 5) is 30.1. The molecule has 6 heteroatoms. The molecule has 6 nitrogen and oxygen atoms in total. The Labute approximate surface area is 194 Å². The van der Waals surface area contributed by atoms with Crippen LogP contribution >= 0.6 is 0 Å². The summed E-state index contributed by atoms with van der Waals surface area (Å²) < 4.78 is 5.73. The fourth-order valence-electron chi connectivity index (χ4n) is 3.68. The third kappa shape index (κ3) is 4.60. The maximum Gasteiger partial charge on any atom is 0.282 e.